The van der Waals surface area contributed by atoms with Crippen LogP contribution in [0.3, 0.4) is 0 Å². The predicted molar refractivity (Wildman–Crippen MR) is 125 cm³/mol. The molecule has 0 unspecified atom stereocenters. The van der Waals surface area contributed by atoms with Gasteiger partial charge >= 0.3 is 0 Å². The SMILES string of the molecule is CSC(C)(C)c1nc(-c2ccc(C3=NCCN3)cc2)nc2c1OC[C@@H]1COC[C@@H](C)N21. The maximum Gasteiger partial charge on any atom is 0.184 e. The van der Waals surface area contributed by atoms with Crippen molar-refractivity contribution in [2.24, 2.45) is 4.99 Å². The zero-order valence-corrected chi connectivity index (χ0v) is 19.3. The van der Waals surface area contributed by atoms with Gasteiger partial charge in [0.25, 0.3) is 0 Å². The van der Waals surface area contributed by atoms with Gasteiger partial charge < -0.3 is 19.7 Å². The van der Waals surface area contributed by atoms with Gasteiger partial charge in [-0.2, -0.15) is 11.8 Å². The number of nitrogens with zero attached hydrogens (tertiary/aromatic N) is 4. The molecule has 1 aromatic heterocycles. The fourth-order valence-corrected chi connectivity index (χ4v) is 4.67. The van der Waals surface area contributed by atoms with Crippen molar-refractivity contribution in [2.75, 3.05) is 44.1 Å². The highest BCUT2D eigenvalue weighted by Crippen LogP contribution is 2.46. The summed E-state index contributed by atoms with van der Waals surface area (Å²) in [7, 11) is 0. The highest BCUT2D eigenvalue weighted by atomic mass is 32.2. The molecule has 0 amide bonds. The number of morpholine rings is 1. The molecule has 0 aliphatic carbocycles. The van der Waals surface area contributed by atoms with Gasteiger partial charge in [-0.1, -0.05) is 24.3 Å². The first kappa shape index (κ1) is 20.6. The lowest BCUT2D eigenvalue weighted by Crippen LogP contribution is -2.56. The van der Waals surface area contributed by atoms with Crippen LogP contribution in [0, 0.1) is 0 Å². The van der Waals surface area contributed by atoms with E-state index >= 15 is 0 Å². The van der Waals surface area contributed by atoms with E-state index in [9.17, 15) is 0 Å². The van der Waals surface area contributed by atoms with Crippen LogP contribution in [0.25, 0.3) is 11.4 Å². The highest BCUT2D eigenvalue weighted by molar-refractivity contribution is 7.99. The summed E-state index contributed by atoms with van der Waals surface area (Å²) in [5, 5.41) is 3.33. The molecule has 0 spiro atoms. The molecule has 3 aliphatic rings. The second-order valence-corrected chi connectivity index (χ2v) is 10.2. The molecule has 0 saturated carbocycles. The van der Waals surface area contributed by atoms with Crippen molar-refractivity contribution in [3.05, 3.63) is 35.5 Å². The number of thioether (sulfide) groups is 1. The lowest BCUT2D eigenvalue weighted by Gasteiger charge is -2.45. The van der Waals surface area contributed by atoms with Gasteiger partial charge in [0.1, 0.15) is 18.1 Å². The lowest BCUT2D eigenvalue weighted by atomic mass is 10.0. The Morgan fingerprint density at radius 2 is 1.87 bits per heavy atom. The van der Waals surface area contributed by atoms with Gasteiger partial charge in [0.15, 0.2) is 17.4 Å². The third-order valence-corrected chi connectivity index (χ3v) is 7.44. The van der Waals surface area contributed by atoms with Crippen LogP contribution < -0.4 is 15.0 Å². The molecule has 1 aromatic carbocycles. The molecule has 0 radical (unpaired) electrons. The number of nitrogens with one attached hydrogen (secondary N) is 1. The van der Waals surface area contributed by atoms with Gasteiger partial charge in [0.05, 0.1) is 36.6 Å². The first-order valence-electron chi connectivity index (χ1n) is 10.8. The van der Waals surface area contributed by atoms with E-state index in [-0.39, 0.29) is 16.8 Å². The van der Waals surface area contributed by atoms with Crippen LogP contribution in [0.4, 0.5) is 5.82 Å². The number of fused-ring (bicyclic) bond motifs is 3. The molecule has 8 heteroatoms. The average Bonchev–Trinajstić information content (AvgIpc) is 3.33. The van der Waals surface area contributed by atoms with E-state index in [1.54, 1.807) is 11.8 Å². The number of hydrogen-bond donors (Lipinski definition) is 1. The van der Waals surface area contributed by atoms with Crippen LogP contribution >= 0.6 is 11.8 Å². The van der Waals surface area contributed by atoms with Crippen molar-refractivity contribution in [1.82, 2.24) is 15.3 Å². The van der Waals surface area contributed by atoms with E-state index in [2.05, 4.69) is 66.5 Å². The van der Waals surface area contributed by atoms with E-state index in [0.29, 0.717) is 19.8 Å². The smallest absolute Gasteiger partial charge is 0.184 e. The molecule has 2 aromatic rings. The van der Waals surface area contributed by atoms with E-state index in [1.807, 2.05) is 0 Å². The number of hydrogen-bond acceptors (Lipinski definition) is 8. The second kappa shape index (κ2) is 7.98. The number of anilines is 1. The number of aromatic nitrogens is 2. The summed E-state index contributed by atoms with van der Waals surface area (Å²) >= 11 is 1.77. The van der Waals surface area contributed by atoms with Gasteiger partial charge in [0.2, 0.25) is 0 Å². The summed E-state index contributed by atoms with van der Waals surface area (Å²) in [6.07, 6.45) is 2.11. The summed E-state index contributed by atoms with van der Waals surface area (Å²) < 4.78 is 11.8. The van der Waals surface area contributed by atoms with E-state index in [4.69, 9.17) is 19.4 Å². The largest absolute Gasteiger partial charge is 0.486 e. The molecule has 2 atom stereocenters. The molecule has 1 saturated heterocycles. The molecule has 5 rings (SSSR count). The van der Waals surface area contributed by atoms with Gasteiger partial charge in [-0.25, -0.2) is 9.97 Å². The minimum absolute atomic E-state index is 0.179. The van der Waals surface area contributed by atoms with Crippen LogP contribution in [0.15, 0.2) is 29.3 Å². The van der Waals surface area contributed by atoms with Crippen LogP contribution in [0.1, 0.15) is 32.0 Å². The van der Waals surface area contributed by atoms with Crippen molar-refractivity contribution in [2.45, 2.75) is 37.6 Å². The van der Waals surface area contributed by atoms with Crippen LogP contribution in [-0.2, 0) is 9.48 Å². The Morgan fingerprint density at radius 3 is 2.58 bits per heavy atom. The lowest BCUT2D eigenvalue weighted by molar-refractivity contribution is 0.0482. The molecule has 31 heavy (non-hydrogen) atoms. The Morgan fingerprint density at radius 1 is 1.10 bits per heavy atom. The van der Waals surface area contributed by atoms with Gasteiger partial charge in [-0.15, -0.1) is 0 Å². The Kier molecular flexibility index (Phi) is 5.30. The summed E-state index contributed by atoms with van der Waals surface area (Å²) in [6, 6.07) is 8.76. The van der Waals surface area contributed by atoms with Crippen LogP contribution in [0.2, 0.25) is 0 Å². The van der Waals surface area contributed by atoms with Crippen LogP contribution in [0.5, 0.6) is 5.75 Å². The Bertz CT molecular complexity index is 1010. The summed E-state index contributed by atoms with van der Waals surface area (Å²) in [6.45, 7) is 10.3. The fraction of sp³-hybridized carbons (Fsp3) is 0.522. The van der Waals surface area contributed by atoms with Gasteiger partial charge in [-0.3, -0.25) is 4.99 Å². The van der Waals surface area contributed by atoms with Crippen molar-refractivity contribution in [3.63, 3.8) is 0 Å². The number of amidine groups is 1. The van der Waals surface area contributed by atoms with E-state index in [1.165, 1.54) is 0 Å². The third kappa shape index (κ3) is 3.65. The van der Waals surface area contributed by atoms with E-state index in [0.717, 1.165) is 53.1 Å². The van der Waals surface area contributed by atoms with Crippen molar-refractivity contribution in [3.8, 4) is 17.1 Å². The van der Waals surface area contributed by atoms with Gasteiger partial charge in [0, 0.05) is 17.7 Å². The summed E-state index contributed by atoms with van der Waals surface area (Å²) in [5.41, 5.74) is 3.03. The highest BCUT2D eigenvalue weighted by Gasteiger charge is 2.40. The molecular formula is C23H29N5O2S. The van der Waals surface area contributed by atoms with Gasteiger partial charge in [-0.05, 0) is 27.0 Å². The maximum atomic E-state index is 6.25. The quantitative estimate of drug-likeness (QED) is 0.785. The zero-order valence-electron chi connectivity index (χ0n) is 18.5. The monoisotopic (exact) mass is 439 g/mol. The molecule has 3 aliphatic heterocycles. The normalized spacial score (nSPS) is 22.8. The molecule has 164 valence electrons. The van der Waals surface area contributed by atoms with Crippen molar-refractivity contribution in [1.29, 1.82) is 0 Å². The topological polar surface area (TPSA) is 71.9 Å². The summed E-state index contributed by atoms with van der Waals surface area (Å²) in [4.78, 5) is 16.9. The standard InChI is InChI=1S/C23H29N5O2S/c1-14-11-29-12-17-13-30-18-19(23(2,3)31-4)26-21(27-22(18)28(14)17)16-7-5-15(6-8-16)20-24-9-10-25-20/h5-8,14,17H,9-13H2,1-4H3,(H,24,25)/t14-,17+/m1/s1. The number of rotatable bonds is 4. The Balaban J connectivity index is 1.61. The fourth-order valence-electron chi connectivity index (χ4n) is 4.33. The minimum atomic E-state index is -0.202. The minimum Gasteiger partial charge on any atom is -0.486 e. The zero-order chi connectivity index (χ0) is 21.6. The summed E-state index contributed by atoms with van der Waals surface area (Å²) in [5.74, 6) is 3.39. The molecule has 4 heterocycles. The molecule has 1 N–H and O–H groups in total. The number of benzene rings is 1. The second-order valence-electron chi connectivity index (χ2n) is 8.76. The molecule has 0 bridgehead atoms. The maximum absolute atomic E-state index is 6.25. The average molecular weight is 440 g/mol. The predicted octanol–water partition coefficient (Wildman–Crippen LogP) is 3.08. The Labute approximate surface area is 187 Å². The molecule has 1 fully saturated rings. The molecule has 7 nitrogen and oxygen atoms in total. The molecular weight excluding hydrogens is 410 g/mol. The first-order chi connectivity index (χ1) is 15.0. The number of ether oxygens (including phenoxy) is 2. The Hall–Kier alpha value is -2.32. The third-order valence-electron chi connectivity index (χ3n) is 6.22. The van der Waals surface area contributed by atoms with Crippen molar-refractivity contribution >= 4 is 23.4 Å². The van der Waals surface area contributed by atoms with Crippen LogP contribution in [-0.4, -0.2) is 67.1 Å². The number of aliphatic imine (C=N–C) groups is 1. The first-order valence-corrected chi connectivity index (χ1v) is 12.1. The van der Waals surface area contributed by atoms with Crippen molar-refractivity contribution < 1.29 is 9.47 Å². The van der Waals surface area contributed by atoms with E-state index < -0.39 is 0 Å².